The van der Waals surface area contributed by atoms with Crippen LogP contribution in [0.3, 0.4) is 0 Å². The number of carbonyl (C=O) groups excluding carboxylic acids is 1. The van der Waals surface area contributed by atoms with Gasteiger partial charge in [0, 0.05) is 45.2 Å². The van der Waals surface area contributed by atoms with Gasteiger partial charge in [-0.05, 0) is 53.4 Å². The van der Waals surface area contributed by atoms with E-state index >= 15 is 0 Å². The number of nitrogens with zero attached hydrogens (tertiary/aromatic N) is 3. The summed E-state index contributed by atoms with van der Waals surface area (Å²) in [6.07, 6.45) is 2.91. The molecule has 144 valence electrons. The van der Waals surface area contributed by atoms with Crippen molar-refractivity contribution in [3.63, 3.8) is 0 Å². The Morgan fingerprint density at radius 2 is 1.54 bits per heavy atom. The van der Waals surface area contributed by atoms with Crippen molar-refractivity contribution in [3.8, 4) is 0 Å². The van der Waals surface area contributed by atoms with Crippen LogP contribution in [0.25, 0.3) is 0 Å². The number of rotatable bonds is 10. The van der Waals surface area contributed by atoms with Crippen LogP contribution in [0.4, 0.5) is 0 Å². The van der Waals surface area contributed by atoms with Crippen LogP contribution in [0, 0.1) is 0 Å². The van der Waals surface area contributed by atoms with E-state index in [0.717, 1.165) is 19.5 Å². The highest BCUT2D eigenvalue weighted by molar-refractivity contribution is 5.75. The number of amides is 1. The number of piperazine rings is 1. The van der Waals surface area contributed by atoms with Crippen molar-refractivity contribution in [3.05, 3.63) is 0 Å². The van der Waals surface area contributed by atoms with Gasteiger partial charge in [0.15, 0.2) is 0 Å². The summed E-state index contributed by atoms with van der Waals surface area (Å²) >= 11 is 0. The molecule has 1 rings (SSSR count). The summed E-state index contributed by atoms with van der Waals surface area (Å²) in [4.78, 5) is 18.7. The molecule has 1 amide bonds. The summed E-state index contributed by atoms with van der Waals surface area (Å²) in [6.45, 7) is 19.4. The molecule has 5 nitrogen and oxygen atoms in total. The lowest BCUT2D eigenvalue weighted by atomic mass is 10.2. The van der Waals surface area contributed by atoms with Gasteiger partial charge in [0.05, 0.1) is 0 Å². The fourth-order valence-electron chi connectivity index (χ4n) is 2.69. The molecular formula is C19H42N4O. The fourth-order valence-corrected chi connectivity index (χ4v) is 2.69. The van der Waals surface area contributed by atoms with E-state index in [1.54, 1.807) is 0 Å². The first kappa shape index (κ1) is 23.4. The van der Waals surface area contributed by atoms with E-state index in [1.165, 1.54) is 45.7 Å². The third-order valence-electron chi connectivity index (χ3n) is 4.63. The summed E-state index contributed by atoms with van der Waals surface area (Å²) in [5.41, 5.74) is 0. The highest BCUT2D eigenvalue weighted by Gasteiger charge is 2.16. The number of hydrogen-bond acceptors (Lipinski definition) is 4. The van der Waals surface area contributed by atoms with Crippen molar-refractivity contribution in [1.29, 1.82) is 0 Å². The first-order valence-corrected chi connectivity index (χ1v) is 9.94. The Balaban J connectivity index is 0.00000254. The summed E-state index contributed by atoms with van der Waals surface area (Å²) in [6, 6.07) is 0.644. The Morgan fingerprint density at radius 3 is 2.00 bits per heavy atom. The van der Waals surface area contributed by atoms with E-state index in [4.69, 9.17) is 0 Å². The van der Waals surface area contributed by atoms with Crippen LogP contribution in [0.5, 0.6) is 0 Å². The van der Waals surface area contributed by atoms with Crippen LogP contribution in [0.1, 0.15) is 53.9 Å². The van der Waals surface area contributed by atoms with Crippen molar-refractivity contribution in [2.75, 3.05) is 59.4 Å². The molecule has 1 saturated heterocycles. The van der Waals surface area contributed by atoms with Crippen molar-refractivity contribution < 1.29 is 4.79 Å². The highest BCUT2D eigenvalue weighted by Crippen LogP contribution is 2.04. The van der Waals surface area contributed by atoms with Crippen LogP contribution in [0.2, 0.25) is 0 Å². The first-order chi connectivity index (χ1) is 11.5. The molecule has 0 atom stereocenters. The molecule has 1 heterocycles. The molecule has 24 heavy (non-hydrogen) atoms. The first-order valence-electron chi connectivity index (χ1n) is 9.94. The van der Waals surface area contributed by atoms with Gasteiger partial charge < -0.3 is 20.0 Å². The van der Waals surface area contributed by atoms with E-state index in [0.29, 0.717) is 12.5 Å². The molecule has 0 aromatic rings. The average Bonchev–Trinajstić information content (AvgIpc) is 2.61. The van der Waals surface area contributed by atoms with E-state index in [9.17, 15) is 4.79 Å². The van der Waals surface area contributed by atoms with Crippen LogP contribution in [-0.2, 0) is 4.79 Å². The maximum atomic E-state index is 11.2. The predicted octanol–water partition coefficient (Wildman–Crippen LogP) is 2.28. The molecule has 5 heteroatoms. The minimum absolute atomic E-state index is 0.163. The predicted molar refractivity (Wildman–Crippen MR) is 105 cm³/mol. The minimum Gasteiger partial charge on any atom is -0.356 e. The Hall–Kier alpha value is -0.650. The second kappa shape index (κ2) is 14.7. The second-order valence-corrected chi connectivity index (χ2v) is 6.67. The molecule has 0 aromatic carbocycles. The second-order valence-electron chi connectivity index (χ2n) is 6.67. The van der Waals surface area contributed by atoms with E-state index in [2.05, 4.69) is 40.9 Å². The van der Waals surface area contributed by atoms with Gasteiger partial charge in [0.2, 0.25) is 5.91 Å². The number of hydrogen-bond donors (Lipinski definition) is 1. The number of carbonyl (C=O) groups is 1. The highest BCUT2D eigenvalue weighted by atomic mass is 16.1. The van der Waals surface area contributed by atoms with Crippen LogP contribution in [-0.4, -0.2) is 86.1 Å². The summed E-state index contributed by atoms with van der Waals surface area (Å²) < 4.78 is 0. The minimum atomic E-state index is 0.163. The van der Waals surface area contributed by atoms with E-state index in [-0.39, 0.29) is 5.91 Å². The SMILES string of the molecule is CC.CCC(=O)NCCCN1CCN(CCCN(C)C(C)C)CC1. The Morgan fingerprint density at radius 1 is 1.04 bits per heavy atom. The maximum absolute atomic E-state index is 11.2. The van der Waals surface area contributed by atoms with Gasteiger partial charge in [0.1, 0.15) is 0 Å². The molecule has 0 spiro atoms. The molecule has 0 bridgehead atoms. The zero-order chi connectivity index (χ0) is 18.4. The van der Waals surface area contributed by atoms with E-state index in [1.807, 2.05) is 20.8 Å². The Labute approximate surface area is 150 Å². The van der Waals surface area contributed by atoms with Gasteiger partial charge >= 0.3 is 0 Å². The van der Waals surface area contributed by atoms with Crippen LogP contribution >= 0.6 is 0 Å². The van der Waals surface area contributed by atoms with Gasteiger partial charge in [-0.2, -0.15) is 0 Å². The molecule has 0 saturated carbocycles. The molecule has 0 aromatic heterocycles. The van der Waals surface area contributed by atoms with Gasteiger partial charge in [-0.3, -0.25) is 4.79 Å². The molecule has 1 N–H and O–H groups in total. The van der Waals surface area contributed by atoms with Crippen molar-refractivity contribution >= 4 is 5.91 Å². The topological polar surface area (TPSA) is 38.8 Å². The van der Waals surface area contributed by atoms with E-state index < -0.39 is 0 Å². The lowest BCUT2D eigenvalue weighted by Gasteiger charge is -2.35. The third-order valence-corrected chi connectivity index (χ3v) is 4.63. The quantitative estimate of drug-likeness (QED) is 0.618. The maximum Gasteiger partial charge on any atom is 0.219 e. The monoisotopic (exact) mass is 342 g/mol. The van der Waals surface area contributed by atoms with Crippen molar-refractivity contribution in [1.82, 2.24) is 20.0 Å². The summed E-state index contributed by atoms with van der Waals surface area (Å²) in [7, 11) is 2.21. The van der Waals surface area contributed by atoms with Crippen molar-refractivity contribution in [2.45, 2.75) is 59.9 Å². The molecular weight excluding hydrogens is 300 g/mol. The van der Waals surface area contributed by atoms with Gasteiger partial charge in [0.25, 0.3) is 0 Å². The molecule has 1 aliphatic heterocycles. The zero-order valence-corrected chi connectivity index (χ0v) is 17.1. The zero-order valence-electron chi connectivity index (χ0n) is 17.1. The van der Waals surface area contributed by atoms with Gasteiger partial charge in [-0.25, -0.2) is 0 Å². The number of nitrogens with one attached hydrogen (secondary N) is 1. The molecule has 1 aliphatic rings. The molecule has 0 unspecified atom stereocenters. The fraction of sp³-hybridized carbons (Fsp3) is 0.947. The molecule has 0 aliphatic carbocycles. The largest absolute Gasteiger partial charge is 0.356 e. The normalized spacial score (nSPS) is 16.2. The van der Waals surface area contributed by atoms with Crippen LogP contribution in [0.15, 0.2) is 0 Å². The Bertz CT molecular complexity index is 302. The molecule has 0 radical (unpaired) electrons. The van der Waals surface area contributed by atoms with Gasteiger partial charge in [-0.1, -0.05) is 20.8 Å². The van der Waals surface area contributed by atoms with Crippen LogP contribution < -0.4 is 5.32 Å². The smallest absolute Gasteiger partial charge is 0.219 e. The lowest BCUT2D eigenvalue weighted by molar-refractivity contribution is -0.120. The standard InChI is InChI=1S/C17H36N4O.C2H6/c1-5-17(22)18-8-6-10-20-12-14-21(15-13-20)11-7-9-19(4)16(2)3;1-2/h16H,5-15H2,1-4H3,(H,18,22);1-2H3. The summed E-state index contributed by atoms with van der Waals surface area (Å²) in [5.74, 6) is 0.163. The lowest BCUT2D eigenvalue weighted by Crippen LogP contribution is -2.47. The Kier molecular flexibility index (Phi) is 14.3. The summed E-state index contributed by atoms with van der Waals surface area (Å²) in [5, 5.41) is 2.95. The average molecular weight is 343 g/mol. The third kappa shape index (κ3) is 11.0. The van der Waals surface area contributed by atoms with Crippen molar-refractivity contribution in [2.24, 2.45) is 0 Å². The van der Waals surface area contributed by atoms with Gasteiger partial charge in [-0.15, -0.1) is 0 Å². The molecule has 1 fully saturated rings.